The highest BCUT2D eigenvalue weighted by atomic mass is 35.5. The molecule has 1 atom stereocenters. The number of carbonyl (C=O) groups excluding carboxylic acids is 2. The van der Waals surface area contributed by atoms with E-state index in [0.717, 1.165) is 30.0 Å². The zero-order valence-corrected chi connectivity index (χ0v) is 26.0. The van der Waals surface area contributed by atoms with Crippen molar-refractivity contribution in [3.05, 3.63) is 88.4 Å². The van der Waals surface area contributed by atoms with Gasteiger partial charge in [0.15, 0.2) is 0 Å². The molecule has 8 nitrogen and oxygen atoms in total. The summed E-state index contributed by atoms with van der Waals surface area (Å²) in [6.45, 7) is 3.28. The Morgan fingerprint density at radius 2 is 1.57 bits per heavy atom. The molecule has 2 amide bonds. The second-order valence-corrected chi connectivity index (χ2v) is 12.8. The van der Waals surface area contributed by atoms with Gasteiger partial charge in [-0.1, -0.05) is 60.3 Å². The first-order chi connectivity index (χ1) is 20.1. The lowest BCUT2D eigenvalue weighted by Crippen LogP contribution is -2.52. The number of rotatable bonds is 12. The number of sulfonamides is 1. The van der Waals surface area contributed by atoms with E-state index in [4.69, 9.17) is 27.9 Å². The minimum atomic E-state index is -4.17. The van der Waals surface area contributed by atoms with Gasteiger partial charge in [-0.3, -0.25) is 13.9 Å². The van der Waals surface area contributed by atoms with Crippen LogP contribution in [0.4, 0.5) is 5.69 Å². The summed E-state index contributed by atoms with van der Waals surface area (Å²) in [5.41, 5.74) is 0.739. The molecule has 0 spiro atoms. The number of anilines is 1. The maximum absolute atomic E-state index is 14.1. The molecule has 1 fully saturated rings. The number of nitrogens with one attached hydrogen (secondary N) is 1. The molecule has 1 saturated carbocycles. The van der Waals surface area contributed by atoms with Gasteiger partial charge in [-0.05, 0) is 75.2 Å². The summed E-state index contributed by atoms with van der Waals surface area (Å²) < 4.78 is 34.4. The Bertz CT molecular complexity index is 1460. The van der Waals surface area contributed by atoms with E-state index in [1.807, 2.05) is 6.92 Å². The Morgan fingerprint density at radius 1 is 0.952 bits per heavy atom. The summed E-state index contributed by atoms with van der Waals surface area (Å²) in [6.07, 6.45) is 3.82. The summed E-state index contributed by atoms with van der Waals surface area (Å²) in [4.78, 5) is 28.8. The van der Waals surface area contributed by atoms with Gasteiger partial charge in [0.2, 0.25) is 11.8 Å². The van der Waals surface area contributed by atoms with E-state index in [1.165, 1.54) is 17.0 Å². The SMILES string of the molecule is CCOc1ccc(N(CC(=O)N(Cc2c(Cl)cccc2Cl)[C@@H](C)C(=O)NC2CCCC2)S(=O)(=O)c2ccccc2)cc1. The number of hydrogen-bond acceptors (Lipinski definition) is 5. The summed E-state index contributed by atoms with van der Waals surface area (Å²) in [6, 6.07) is 18.5. The van der Waals surface area contributed by atoms with Crippen LogP contribution in [-0.2, 0) is 26.2 Å². The molecular formula is C31H35Cl2N3O5S. The third kappa shape index (κ3) is 7.56. The van der Waals surface area contributed by atoms with Crippen LogP contribution in [0.1, 0.15) is 45.1 Å². The summed E-state index contributed by atoms with van der Waals surface area (Å²) in [5, 5.41) is 3.72. The lowest BCUT2D eigenvalue weighted by molar-refractivity contribution is -0.139. The van der Waals surface area contributed by atoms with E-state index in [2.05, 4.69) is 5.32 Å². The molecule has 3 aromatic carbocycles. The average Bonchev–Trinajstić information content (AvgIpc) is 3.49. The normalized spacial score (nSPS) is 14.3. The molecule has 224 valence electrons. The molecule has 42 heavy (non-hydrogen) atoms. The van der Waals surface area contributed by atoms with Crippen molar-refractivity contribution in [3.63, 3.8) is 0 Å². The monoisotopic (exact) mass is 631 g/mol. The number of hydrogen-bond donors (Lipinski definition) is 1. The average molecular weight is 633 g/mol. The van der Waals surface area contributed by atoms with E-state index in [-0.39, 0.29) is 29.1 Å². The minimum Gasteiger partial charge on any atom is -0.494 e. The van der Waals surface area contributed by atoms with Crippen molar-refractivity contribution >= 4 is 50.7 Å². The number of nitrogens with zero attached hydrogens (tertiary/aromatic N) is 2. The quantitative estimate of drug-likeness (QED) is 0.262. The number of halogens is 2. The van der Waals surface area contributed by atoms with E-state index < -0.39 is 28.5 Å². The van der Waals surface area contributed by atoms with Gasteiger partial charge in [-0.2, -0.15) is 0 Å². The second-order valence-electron chi connectivity index (χ2n) is 10.1. The van der Waals surface area contributed by atoms with Crippen LogP contribution < -0.4 is 14.4 Å². The maximum Gasteiger partial charge on any atom is 0.264 e. The predicted molar refractivity (Wildman–Crippen MR) is 165 cm³/mol. The molecular weight excluding hydrogens is 597 g/mol. The topological polar surface area (TPSA) is 96.0 Å². The Kier molecular flexibility index (Phi) is 10.8. The van der Waals surface area contributed by atoms with Crippen molar-refractivity contribution in [2.24, 2.45) is 0 Å². The van der Waals surface area contributed by atoms with Crippen LogP contribution >= 0.6 is 23.2 Å². The highest BCUT2D eigenvalue weighted by Crippen LogP contribution is 2.29. The Labute approximate surface area is 257 Å². The summed E-state index contributed by atoms with van der Waals surface area (Å²) in [7, 11) is -4.17. The molecule has 0 aromatic heterocycles. The predicted octanol–water partition coefficient (Wildman–Crippen LogP) is 6.06. The Hall–Kier alpha value is -3.27. The van der Waals surface area contributed by atoms with E-state index >= 15 is 0 Å². The highest BCUT2D eigenvalue weighted by molar-refractivity contribution is 7.92. The highest BCUT2D eigenvalue weighted by Gasteiger charge is 2.34. The summed E-state index contributed by atoms with van der Waals surface area (Å²) >= 11 is 12.9. The molecule has 0 unspecified atom stereocenters. The fraction of sp³-hybridized carbons (Fsp3) is 0.355. The third-order valence-electron chi connectivity index (χ3n) is 7.30. The van der Waals surface area contributed by atoms with E-state index in [1.54, 1.807) is 67.6 Å². The van der Waals surface area contributed by atoms with Crippen LogP contribution in [0.15, 0.2) is 77.7 Å². The van der Waals surface area contributed by atoms with E-state index in [9.17, 15) is 18.0 Å². The van der Waals surface area contributed by atoms with Crippen molar-refractivity contribution in [1.29, 1.82) is 0 Å². The van der Waals surface area contributed by atoms with Gasteiger partial charge in [-0.25, -0.2) is 8.42 Å². The maximum atomic E-state index is 14.1. The molecule has 0 radical (unpaired) electrons. The van der Waals surface area contributed by atoms with Crippen LogP contribution in [0, 0.1) is 0 Å². The van der Waals surface area contributed by atoms with E-state index in [0.29, 0.717) is 28.0 Å². The molecule has 0 bridgehead atoms. The molecule has 1 aliphatic rings. The van der Waals surface area contributed by atoms with Gasteiger partial charge in [0, 0.05) is 28.2 Å². The first kappa shape index (κ1) is 31.7. The van der Waals surface area contributed by atoms with Crippen molar-refractivity contribution < 1.29 is 22.7 Å². The number of ether oxygens (including phenoxy) is 1. The van der Waals surface area contributed by atoms with Crippen LogP contribution in [-0.4, -0.2) is 50.4 Å². The molecule has 1 aliphatic carbocycles. The van der Waals surface area contributed by atoms with Crippen LogP contribution in [0.3, 0.4) is 0 Å². The molecule has 0 aliphatic heterocycles. The molecule has 11 heteroatoms. The molecule has 0 saturated heterocycles. The van der Waals surface area contributed by atoms with Gasteiger partial charge < -0.3 is 15.0 Å². The first-order valence-electron chi connectivity index (χ1n) is 13.9. The van der Waals surface area contributed by atoms with Gasteiger partial charge in [0.1, 0.15) is 18.3 Å². The standard InChI is InChI=1S/C31H35Cl2N3O5S/c1-3-41-25-18-16-24(17-19-25)36(42(39,40)26-12-5-4-6-13-26)21-30(37)35(20-27-28(32)14-9-15-29(27)33)22(2)31(38)34-23-10-7-8-11-23/h4-6,9,12-19,22-23H,3,7-8,10-11,20-21H2,1-2H3,(H,34,38)/t22-/m0/s1. The minimum absolute atomic E-state index is 0.0272. The Balaban J connectivity index is 1.71. The number of amides is 2. The number of benzene rings is 3. The van der Waals surface area contributed by atoms with Crippen molar-refractivity contribution in [1.82, 2.24) is 10.2 Å². The largest absolute Gasteiger partial charge is 0.494 e. The summed E-state index contributed by atoms with van der Waals surface area (Å²) in [5.74, 6) is -0.345. The van der Waals surface area contributed by atoms with Crippen LogP contribution in [0.25, 0.3) is 0 Å². The fourth-order valence-corrected chi connectivity index (χ4v) is 6.90. The van der Waals surface area contributed by atoms with Crippen LogP contribution in [0.2, 0.25) is 10.0 Å². The van der Waals surface area contributed by atoms with Crippen molar-refractivity contribution in [2.75, 3.05) is 17.5 Å². The molecule has 1 N–H and O–H groups in total. The van der Waals surface area contributed by atoms with Gasteiger partial charge >= 0.3 is 0 Å². The third-order valence-corrected chi connectivity index (χ3v) is 9.80. The molecule has 4 rings (SSSR count). The van der Waals surface area contributed by atoms with Gasteiger partial charge in [0.25, 0.3) is 10.0 Å². The lowest BCUT2D eigenvalue weighted by Gasteiger charge is -2.33. The molecule has 3 aromatic rings. The molecule has 0 heterocycles. The second kappa shape index (κ2) is 14.3. The van der Waals surface area contributed by atoms with Gasteiger partial charge in [-0.15, -0.1) is 0 Å². The first-order valence-corrected chi connectivity index (χ1v) is 16.1. The smallest absolute Gasteiger partial charge is 0.264 e. The zero-order chi connectivity index (χ0) is 30.3. The number of carbonyl (C=O) groups is 2. The fourth-order valence-electron chi connectivity index (χ4n) is 4.95. The lowest BCUT2D eigenvalue weighted by atomic mass is 10.1. The van der Waals surface area contributed by atoms with Crippen molar-refractivity contribution in [3.8, 4) is 5.75 Å². The Morgan fingerprint density at radius 3 is 2.17 bits per heavy atom. The van der Waals surface area contributed by atoms with Crippen LogP contribution in [0.5, 0.6) is 5.75 Å². The van der Waals surface area contributed by atoms with Crippen molar-refractivity contribution in [2.45, 2.75) is 63.1 Å². The van der Waals surface area contributed by atoms with Gasteiger partial charge in [0.05, 0.1) is 17.2 Å². The zero-order valence-electron chi connectivity index (χ0n) is 23.6.